The predicted octanol–water partition coefficient (Wildman–Crippen LogP) is 5.61. The highest BCUT2D eigenvalue weighted by molar-refractivity contribution is 6.24. The quantitative estimate of drug-likeness (QED) is 0.171. The molecule has 0 aromatic heterocycles. The number of para-hydroxylation sites is 1. The van der Waals surface area contributed by atoms with Crippen LogP contribution in [0.2, 0.25) is 0 Å². The lowest BCUT2D eigenvalue weighted by atomic mass is 9.88. The van der Waals surface area contributed by atoms with Crippen LogP contribution in [0.5, 0.6) is 0 Å². The lowest BCUT2D eigenvalue weighted by Gasteiger charge is -2.36. The summed E-state index contributed by atoms with van der Waals surface area (Å²) in [5.41, 5.74) is 4.13. The number of carbonyl (C=O) groups excluding carboxylic acids is 4. The van der Waals surface area contributed by atoms with E-state index in [4.69, 9.17) is 4.74 Å². The number of imide groups is 1. The molecular weight excluding hydrogens is 540 g/mol. The van der Waals surface area contributed by atoms with Gasteiger partial charge in [-0.3, -0.25) is 14.4 Å². The van der Waals surface area contributed by atoms with Gasteiger partial charge in [0.25, 0.3) is 0 Å². The monoisotopic (exact) mass is 568 g/mol. The van der Waals surface area contributed by atoms with Crippen molar-refractivity contribution in [2.75, 3.05) is 9.80 Å². The number of amides is 2. The van der Waals surface area contributed by atoms with Crippen LogP contribution >= 0.6 is 0 Å². The first kappa shape index (κ1) is 26.6. The lowest BCUT2D eigenvalue weighted by molar-refractivity contribution is -0.151. The van der Waals surface area contributed by atoms with Gasteiger partial charge >= 0.3 is 5.97 Å². The fourth-order valence-corrected chi connectivity index (χ4v) is 6.65. The van der Waals surface area contributed by atoms with Gasteiger partial charge in [-0.15, -0.1) is 0 Å². The van der Waals surface area contributed by atoms with E-state index in [1.165, 1.54) is 6.92 Å². The molecule has 7 heteroatoms. The van der Waals surface area contributed by atoms with E-state index >= 15 is 0 Å². The molecule has 3 heterocycles. The van der Waals surface area contributed by atoms with Crippen LogP contribution in [0.4, 0.5) is 11.4 Å². The van der Waals surface area contributed by atoms with Crippen molar-refractivity contribution in [2.45, 2.75) is 25.1 Å². The maximum Gasteiger partial charge on any atom is 0.330 e. The summed E-state index contributed by atoms with van der Waals surface area (Å²) in [5.74, 6) is -3.26. The average Bonchev–Trinajstić information content (AvgIpc) is 3.53. The summed E-state index contributed by atoms with van der Waals surface area (Å²) in [6, 6.07) is 31.5. The molecule has 0 N–H and O–H groups in total. The number of hydrogen-bond donors (Lipinski definition) is 0. The van der Waals surface area contributed by atoms with E-state index in [0.29, 0.717) is 11.3 Å². The topological polar surface area (TPSA) is 84.0 Å². The molecule has 2 saturated heterocycles. The Morgan fingerprint density at radius 3 is 1.93 bits per heavy atom. The molecule has 2 amide bonds. The van der Waals surface area contributed by atoms with Gasteiger partial charge in [0.05, 0.1) is 23.6 Å². The molecule has 212 valence electrons. The zero-order valence-corrected chi connectivity index (χ0v) is 23.4. The van der Waals surface area contributed by atoms with Crippen LogP contribution in [0.15, 0.2) is 115 Å². The molecule has 7 rings (SSSR count). The van der Waals surface area contributed by atoms with Crippen molar-refractivity contribution in [1.82, 2.24) is 0 Å². The molecule has 0 spiro atoms. The number of nitrogens with zero attached hydrogens (tertiary/aromatic N) is 2. The maximum atomic E-state index is 14.4. The molecule has 4 aromatic rings. The fraction of sp³-hybridized carbons (Fsp3) is 0.167. The number of fused-ring (bicyclic) bond motifs is 5. The second kappa shape index (κ2) is 10.5. The van der Waals surface area contributed by atoms with Gasteiger partial charge in [0.15, 0.2) is 11.9 Å². The van der Waals surface area contributed by atoms with Crippen LogP contribution in [0, 0.1) is 11.8 Å². The van der Waals surface area contributed by atoms with Gasteiger partial charge in [-0.05, 0) is 53.9 Å². The van der Waals surface area contributed by atoms with Gasteiger partial charge in [0.2, 0.25) is 11.8 Å². The highest BCUT2D eigenvalue weighted by Crippen LogP contribution is 2.49. The van der Waals surface area contributed by atoms with Gasteiger partial charge in [0, 0.05) is 11.3 Å². The number of ether oxygens (including phenoxy) is 1. The zero-order valence-electron chi connectivity index (χ0n) is 23.4. The Hall–Kier alpha value is -5.30. The van der Waals surface area contributed by atoms with Gasteiger partial charge in [-0.1, -0.05) is 91.0 Å². The minimum atomic E-state index is -1.03. The van der Waals surface area contributed by atoms with Crippen LogP contribution in [0.25, 0.3) is 6.08 Å². The molecule has 2 fully saturated rings. The summed E-state index contributed by atoms with van der Waals surface area (Å²) in [7, 11) is 0. The van der Waals surface area contributed by atoms with Crippen molar-refractivity contribution in [2.24, 2.45) is 11.8 Å². The standard InChI is InChI=1S/C36H28N2O5/c1-22(39)23-16-19-27(20-17-23)37-34(40)30-29-21-18-24-10-8-9-15-28(24)38(29)32(31(30)35(37)41)36(42)43-33(25-11-4-2-5-12-25)26-13-6-3-7-14-26/h2-21,29-33H,1H3. The minimum absolute atomic E-state index is 0.113. The molecule has 0 aliphatic carbocycles. The Labute approximate surface area is 249 Å². The van der Waals surface area contributed by atoms with Crippen molar-refractivity contribution in [3.8, 4) is 0 Å². The molecule has 3 aliphatic rings. The Kier molecular flexibility index (Phi) is 6.50. The minimum Gasteiger partial charge on any atom is -0.451 e. The van der Waals surface area contributed by atoms with Crippen molar-refractivity contribution in [3.63, 3.8) is 0 Å². The number of rotatable bonds is 6. The molecule has 4 atom stereocenters. The average molecular weight is 569 g/mol. The summed E-state index contributed by atoms with van der Waals surface area (Å²) >= 11 is 0. The Morgan fingerprint density at radius 2 is 1.30 bits per heavy atom. The van der Waals surface area contributed by atoms with E-state index in [-0.39, 0.29) is 11.7 Å². The normalized spacial score (nSPS) is 21.9. The molecule has 4 aromatic carbocycles. The van der Waals surface area contributed by atoms with Gasteiger partial charge in [0.1, 0.15) is 6.04 Å². The third-order valence-corrected chi connectivity index (χ3v) is 8.63. The maximum absolute atomic E-state index is 14.4. The van der Waals surface area contributed by atoms with Crippen molar-refractivity contribution in [3.05, 3.63) is 138 Å². The van der Waals surface area contributed by atoms with Gasteiger partial charge in [-0.2, -0.15) is 0 Å². The third kappa shape index (κ3) is 4.36. The number of hydrogen-bond acceptors (Lipinski definition) is 6. The molecule has 0 bridgehead atoms. The van der Waals surface area contributed by atoms with Crippen molar-refractivity contribution in [1.29, 1.82) is 0 Å². The van der Waals surface area contributed by atoms with Crippen LogP contribution in [-0.2, 0) is 19.1 Å². The SMILES string of the molecule is CC(=O)c1ccc(N2C(=O)C3C(C2=O)C(C(=O)OC(c2ccccc2)c2ccccc2)N2c4ccccc4C=CC32)cc1. The Bertz CT molecular complexity index is 1730. The number of benzene rings is 4. The van der Waals surface area contributed by atoms with Crippen molar-refractivity contribution >= 4 is 41.0 Å². The smallest absolute Gasteiger partial charge is 0.330 e. The van der Waals surface area contributed by atoms with Crippen LogP contribution in [0.1, 0.15) is 40.1 Å². The number of anilines is 2. The summed E-state index contributed by atoms with van der Waals surface area (Å²) in [6.07, 6.45) is 3.15. The first-order chi connectivity index (χ1) is 20.9. The first-order valence-electron chi connectivity index (χ1n) is 14.3. The Balaban J connectivity index is 1.30. The second-order valence-electron chi connectivity index (χ2n) is 11.1. The molecule has 0 saturated carbocycles. The van der Waals surface area contributed by atoms with Crippen molar-refractivity contribution < 1.29 is 23.9 Å². The number of esters is 1. The fourth-order valence-electron chi connectivity index (χ4n) is 6.65. The molecule has 7 nitrogen and oxygen atoms in total. The van der Waals surface area contributed by atoms with E-state index in [9.17, 15) is 19.2 Å². The van der Waals surface area contributed by atoms with E-state index in [0.717, 1.165) is 27.3 Å². The molecule has 3 aliphatic heterocycles. The number of ketones is 1. The lowest BCUT2D eigenvalue weighted by Crippen LogP contribution is -2.49. The zero-order chi connectivity index (χ0) is 29.7. The van der Waals surface area contributed by atoms with Gasteiger partial charge in [-0.25, -0.2) is 9.69 Å². The Morgan fingerprint density at radius 1 is 0.721 bits per heavy atom. The number of Topliss-reactive ketones (excluding diaryl/α,β-unsaturated/α-hetero) is 1. The van der Waals surface area contributed by atoms with E-state index in [1.54, 1.807) is 24.3 Å². The van der Waals surface area contributed by atoms with Crippen LogP contribution in [0.3, 0.4) is 0 Å². The van der Waals surface area contributed by atoms with Crippen LogP contribution < -0.4 is 9.80 Å². The first-order valence-corrected chi connectivity index (χ1v) is 14.3. The molecular formula is C36H28N2O5. The van der Waals surface area contributed by atoms with Gasteiger partial charge < -0.3 is 9.64 Å². The van der Waals surface area contributed by atoms with E-state index in [2.05, 4.69) is 0 Å². The molecule has 0 radical (unpaired) electrons. The molecule has 43 heavy (non-hydrogen) atoms. The summed E-state index contributed by atoms with van der Waals surface area (Å²) in [4.78, 5) is 57.5. The highest BCUT2D eigenvalue weighted by atomic mass is 16.5. The second-order valence-corrected chi connectivity index (χ2v) is 11.1. The van der Waals surface area contributed by atoms with Crippen LogP contribution in [-0.4, -0.2) is 35.7 Å². The summed E-state index contributed by atoms with van der Waals surface area (Å²) < 4.78 is 6.32. The van der Waals surface area contributed by atoms with E-state index < -0.39 is 41.9 Å². The highest BCUT2D eigenvalue weighted by Gasteiger charge is 2.65. The predicted molar refractivity (Wildman–Crippen MR) is 162 cm³/mol. The van der Waals surface area contributed by atoms with E-state index in [1.807, 2.05) is 102 Å². The summed E-state index contributed by atoms with van der Waals surface area (Å²) in [6.45, 7) is 1.46. The number of carbonyl (C=O) groups is 4. The largest absolute Gasteiger partial charge is 0.451 e. The summed E-state index contributed by atoms with van der Waals surface area (Å²) in [5, 5.41) is 0. The molecule has 4 unspecified atom stereocenters. The third-order valence-electron chi connectivity index (χ3n) is 8.63.